The number of aryl methyl sites for hydroxylation is 1. The van der Waals surface area contributed by atoms with Crippen LogP contribution in [0.3, 0.4) is 0 Å². The number of nitrogens with two attached hydrogens (primary N) is 1. The van der Waals surface area contributed by atoms with Gasteiger partial charge in [0.05, 0.1) is 12.7 Å². The van der Waals surface area contributed by atoms with Crippen LogP contribution in [0.4, 0.5) is 0 Å². The van der Waals surface area contributed by atoms with Gasteiger partial charge in [-0.3, -0.25) is 0 Å². The van der Waals surface area contributed by atoms with Crippen LogP contribution in [0, 0.1) is 0 Å². The molecular weight excluding hydrogens is 262 g/mol. The third-order valence-corrected chi connectivity index (χ3v) is 3.94. The van der Waals surface area contributed by atoms with Crippen molar-refractivity contribution in [3.8, 4) is 0 Å². The van der Waals surface area contributed by atoms with Gasteiger partial charge in [0.1, 0.15) is 0 Å². The van der Waals surface area contributed by atoms with Crippen LogP contribution in [0.5, 0.6) is 0 Å². The maximum Gasteiger partial charge on any atom is 0.0805 e. The van der Waals surface area contributed by atoms with Crippen LogP contribution in [0.1, 0.15) is 69.1 Å². The molecule has 120 valence electrons. The monoisotopic (exact) mass is 293 g/mol. The minimum Gasteiger partial charge on any atom is -0.395 e. The number of hydrogen-bond acceptors (Lipinski definition) is 3. The first-order chi connectivity index (χ1) is 10.2. The summed E-state index contributed by atoms with van der Waals surface area (Å²) in [5.74, 6) is 0. The molecular formula is C18H31NO2. The molecule has 0 spiro atoms. The molecule has 1 aromatic rings. The summed E-state index contributed by atoms with van der Waals surface area (Å²) in [6.07, 6.45) is 8.79. The van der Waals surface area contributed by atoms with E-state index in [0.717, 1.165) is 12.0 Å². The summed E-state index contributed by atoms with van der Waals surface area (Å²) in [6, 6.07) is 7.77. The fraction of sp³-hybridized carbons (Fsp3) is 0.667. The number of rotatable bonds is 11. The quantitative estimate of drug-likeness (QED) is 0.548. The van der Waals surface area contributed by atoms with Crippen LogP contribution in [0.2, 0.25) is 0 Å². The van der Waals surface area contributed by atoms with Gasteiger partial charge in [-0.05, 0) is 30.4 Å². The van der Waals surface area contributed by atoms with E-state index in [0.29, 0.717) is 6.42 Å². The molecule has 0 bridgehead atoms. The van der Waals surface area contributed by atoms with Crippen LogP contribution in [0.25, 0.3) is 0 Å². The van der Waals surface area contributed by atoms with Crippen molar-refractivity contribution < 1.29 is 10.2 Å². The van der Waals surface area contributed by atoms with Crippen molar-refractivity contribution >= 4 is 0 Å². The summed E-state index contributed by atoms with van der Waals surface area (Å²) < 4.78 is 0. The minimum atomic E-state index is -0.588. The van der Waals surface area contributed by atoms with Gasteiger partial charge in [0.25, 0.3) is 0 Å². The van der Waals surface area contributed by atoms with Crippen LogP contribution in [-0.2, 0) is 6.42 Å². The van der Waals surface area contributed by atoms with E-state index in [4.69, 9.17) is 10.8 Å². The molecule has 0 aliphatic carbocycles. The summed E-state index contributed by atoms with van der Waals surface area (Å²) in [7, 11) is 0. The molecule has 0 saturated carbocycles. The molecule has 21 heavy (non-hydrogen) atoms. The fourth-order valence-corrected chi connectivity index (χ4v) is 2.51. The molecule has 2 unspecified atom stereocenters. The van der Waals surface area contributed by atoms with E-state index in [1.807, 2.05) is 12.1 Å². The van der Waals surface area contributed by atoms with Gasteiger partial charge >= 0.3 is 0 Å². The Hall–Kier alpha value is -0.900. The number of aliphatic hydroxyl groups is 2. The van der Waals surface area contributed by atoms with Gasteiger partial charge < -0.3 is 15.9 Å². The smallest absolute Gasteiger partial charge is 0.0805 e. The van der Waals surface area contributed by atoms with Gasteiger partial charge in [-0.15, -0.1) is 0 Å². The average molecular weight is 293 g/mol. The number of benzene rings is 1. The lowest BCUT2D eigenvalue weighted by atomic mass is 9.99. The molecule has 1 rings (SSSR count). The minimum absolute atomic E-state index is 0.0901. The summed E-state index contributed by atoms with van der Waals surface area (Å²) >= 11 is 0. The lowest BCUT2D eigenvalue weighted by molar-refractivity contribution is 0.140. The molecule has 0 fully saturated rings. The van der Waals surface area contributed by atoms with Gasteiger partial charge in [0, 0.05) is 6.04 Å². The zero-order valence-electron chi connectivity index (χ0n) is 13.3. The van der Waals surface area contributed by atoms with Gasteiger partial charge in [0.15, 0.2) is 0 Å². The van der Waals surface area contributed by atoms with Crippen molar-refractivity contribution in [1.82, 2.24) is 0 Å². The Labute approximate surface area is 129 Å². The third kappa shape index (κ3) is 7.60. The zero-order valence-corrected chi connectivity index (χ0v) is 13.3. The van der Waals surface area contributed by atoms with Gasteiger partial charge in [-0.25, -0.2) is 0 Å². The molecule has 3 nitrogen and oxygen atoms in total. The highest BCUT2D eigenvalue weighted by Crippen LogP contribution is 2.19. The van der Waals surface area contributed by atoms with Crippen LogP contribution in [-0.4, -0.2) is 22.9 Å². The Kier molecular flexibility index (Phi) is 9.31. The normalized spacial score (nSPS) is 14.1. The first kappa shape index (κ1) is 18.1. The zero-order chi connectivity index (χ0) is 15.5. The van der Waals surface area contributed by atoms with Crippen molar-refractivity contribution in [1.29, 1.82) is 0 Å². The van der Waals surface area contributed by atoms with Crippen LogP contribution in [0.15, 0.2) is 24.3 Å². The first-order valence-electron chi connectivity index (χ1n) is 8.30. The average Bonchev–Trinajstić information content (AvgIpc) is 2.51. The van der Waals surface area contributed by atoms with E-state index < -0.39 is 6.10 Å². The Morgan fingerprint density at radius 2 is 1.62 bits per heavy atom. The van der Waals surface area contributed by atoms with Crippen LogP contribution < -0.4 is 5.73 Å². The SMILES string of the molecule is CCCCCCCCc1ccc(C(O)CC(N)CO)cc1. The third-order valence-electron chi connectivity index (χ3n) is 3.94. The molecule has 0 heterocycles. The Balaban J connectivity index is 2.29. The molecule has 0 aliphatic rings. The topological polar surface area (TPSA) is 66.5 Å². The van der Waals surface area contributed by atoms with Gasteiger partial charge in [-0.2, -0.15) is 0 Å². The van der Waals surface area contributed by atoms with E-state index in [-0.39, 0.29) is 12.6 Å². The molecule has 0 saturated heterocycles. The number of aliphatic hydroxyl groups excluding tert-OH is 2. The maximum absolute atomic E-state index is 10.0. The molecule has 0 radical (unpaired) electrons. The number of unbranched alkanes of at least 4 members (excludes halogenated alkanes) is 5. The number of hydrogen-bond donors (Lipinski definition) is 3. The second kappa shape index (κ2) is 10.8. The Morgan fingerprint density at radius 3 is 2.24 bits per heavy atom. The van der Waals surface area contributed by atoms with Crippen molar-refractivity contribution in [2.45, 2.75) is 70.4 Å². The summed E-state index contributed by atoms with van der Waals surface area (Å²) in [6.45, 7) is 2.15. The molecule has 4 N–H and O–H groups in total. The second-order valence-electron chi connectivity index (χ2n) is 5.95. The molecule has 0 amide bonds. The predicted octanol–water partition coefficient (Wildman–Crippen LogP) is 3.33. The predicted molar refractivity (Wildman–Crippen MR) is 88.2 cm³/mol. The lowest BCUT2D eigenvalue weighted by Crippen LogP contribution is -2.26. The van der Waals surface area contributed by atoms with Gasteiger partial charge in [-0.1, -0.05) is 63.3 Å². The van der Waals surface area contributed by atoms with E-state index in [1.165, 1.54) is 44.1 Å². The Morgan fingerprint density at radius 1 is 1.00 bits per heavy atom. The highest BCUT2D eigenvalue weighted by Gasteiger charge is 2.11. The summed E-state index contributed by atoms with van der Waals surface area (Å²) in [5, 5.41) is 18.9. The summed E-state index contributed by atoms with van der Waals surface area (Å²) in [4.78, 5) is 0. The van der Waals surface area contributed by atoms with E-state index >= 15 is 0 Å². The van der Waals surface area contributed by atoms with Crippen molar-refractivity contribution in [2.24, 2.45) is 5.73 Å². The van der Waals surface area contributed by atoms with E-state index in [9.17, 15) is 5.11 Å². The van der Waals surface area contributed by atoms with Crippen molar-refractivity contribution in [3.63, 3.8) is 0 Å². The molecule has 1 aromatic carbocycles. The lowest BCUT2D eigenvalue weighted by Gasteiger charge is -2.15. The van der Waals surface area contributed by atoms with Gasteiger partial charge in [0.2, 0.25) is 0 Å². The second-order valence-corrected chi connectivity index (χ2v) is 5.95. The Bertz CT molecular complexity index is 364. The molecule has 0 aliphatic heterocycles. The van der Waals surface area contributed by atoms with E-state index in [2.05, 4.69) is 19.1 Å². The maximum atomic E-state index is 10.0. The first-order valence-corrected chi connectivity index (χ1v) is 8.30. The highest BCUT2D eigenvalue weighted by molar-refractivity contribution is 5.24. The summed E-state index contributed by atoms with van der Waals surface area (Å²) in [5.41, 5.74) is 7.85. The molecule has 2 atom stereocenters. The van der Waals surface area contributed by atoms with E-state index in [1.54, 1.807) is 0 Å². The molecule has 0 aromatic heterocycles. The largest absolute Gasteiger partial charge is 0.395 e. The highest BCUT2D eigenvalue weighted by atomic mass is 16.3. The molecule has 3 heteroatoms. The standard InChI is InChI=1S/C18H31NO2/c1-2-3-4-5-6-7-8-15-9-11-16(12-10-15)18(21)13-17(19)14-20/h9-12,17-18,20-21H,2-8,13-14,19H2,1H3. The fourth-order valence-electron chi connectivity index (χ4n) is 2.51. The van der Waals surface area contributed by atoms with Crippen molar-refractivity contribution in [3.05, 3.63) is 35.4 Å². The van der Waals surface area contributed by atoms with Crippen LogP contribution >= 0.6 is 0 Å². The van der Waals surface area contributed by atoms with Crippen molar-refractivity contribution in [2.75, 3.05) is 6.61 Å².